The maximum atomic E-state index is 10.1. The minimum atomic E-state index is 0.248. The molecule has 1 saturated heterocycles. The molecule has 0 aliphatic carbocycles. The molecular formula is C14H21NO3. The van der Waals surface area contributed by atoms with Crippen LogP contribution in [0, 0.1) is 0 Å². The Kier molecular flexibility index (Phi) is 4.44. The van der Waals surface area contributed by atoms with Crippen molar-refractivity contribution in [2.45, 2.75) is 26.0 Å². The Balaban J connectivity index is 2.08. The van der Waals surface area contributed by atoms with E-state index in [1.54, 1.807) is 13.2 Å². The first-order chi connectivity index (χ1) is 8.70. The monoisotopic (exact) mass is 251 g/mol. The number of aromatic hydroxyl groups is 1. The van der Waals surface area contributed by atoms with E-state index in [4.69, 9.17) is 9.47 Å². The van der Waals surface area contributed by atoms with Crippen molar-refractivity contribution in [1.82, 2.24) is 4.90 Å². The summed E-state index contributed by atoms with van der Waals surface area (Å²) in [5.74, 6) is 0.782. The van der Waals surface area contributed by atoms with Gasteiger partial charge in [-0.3, -0.25) is 4.90 Å². The third kappa shape index (κ3) is 3.15. The van der Waals surface area contributed by atoms with Crippen molar-refractivity contribution in [3.8, 4) is 11.5 Å². The highest BCUT2D eigenvalue weighted by molar-refractivity contribution is 5.45. The Labute approximate surface area is 108 Å². The predicted molar refractivity (Wildman–Crippen MR) is 70.0 cm³/mol. The van der Waals surface area contributed by atoms with E-state index in [1.165, 1.54) is 0 Å². The molecule has 0 spiro atoms. The van der Waals surface area contributed by atoms with Crippen molar-refractivity contribution in [3.63, 3.8) is 0 Å². The average Bonchev–Trinajstić information content (AvgIpc) is 2.56. The third-order valence-electron chi connectivity index (χ3n) is 3.23. The number of ether oxygens (including phenoxy) is 2. The summed E-state index contributed by atoms with van der Waals surface area (Å²) in [5.41, 5.74) is 0.906. The lowest BCUT2D eigenvalue weighted by Crippen LogP contribution is -2.29. The first-order valence-corrected chi connectivity index (χ1v) is 6.39. The van der Waals surface area contributed by atoms with Crippen molar-refractivity contribution in [2.24, 2.45) is 0 Å². The van der Waals surface area contributed by atoms with Gasteiger partial charge in [-0.15, -0.1) is 0 Å². The van der Waals surface area contributed by atoms with Crippen LogP contribution in [0.4, 0.5) is 0 Å². The van der Waals surface area contributed by atoms with Gasteiger partial charge < -0.3 is 14.6 Å². The molecule has 2 rings (SSSR count). The molecular weight excluding hydrogens is 230 g/mol. The Morgan fingerprint density at radius 1 is 1.50 bits per heavy atom. The molecule has 0 amide bonds. The Hall–Kier alpha value is -1.26. The topological polar surface area (TPSA) is 41.9 Å². The molecule has 1 unspecified atom stereocenters. The fourth-order valence-electron chi connectivity index (χ4n) is 2.32. The Morgan fingerprint density at radius 2 is 2.33 bits per heavy atom. The van der Waals surface area contributed by atoms with E-state index in [9.17, 15) is 5.11 Å². The van der Waals surface area contributed by atoms with Crippen LogP contribution in [0.2, 0.25) is 0 Å². The Morgan fingerprint density at radius 3 is 3.11 bits per heavy atom. The van der Waals surface area contributed by atoms with Crippen molar-refractivity contribution < 1.29 is 14.6 Å². The van der Waals surface area contributed by atoms with Gasteiger partial charge in [0, 0.05) is 31.8 Å². The van der Waals surface area contributed by atoms with Crippen LogP contribution in [-0.2, 0) is 11.3 Å². The number of phenolic OH excluding ortho intramolecular Hbond substituents is 1. The number of nitrogens with zero attached hydrogens (tertiary/aromatic N) is 1. The standard InChI is InChI=1S/C14H21NO3/c1-11-9-15(7-4-8-18-11)10-12-5-3-6-13(17-2)14(12)16/h3,5-6,11,16H,4,7-10H2,1-2H3. The first-order valence-electron chi connectivity index (χ1n) is 6.39. The molecule has 1 aromatic carbocycles. The van der Waals surface area contributed by atoms with E-state index in [2.05, 4.69) is 11.8 Å². The number of hydrogen-bond donors (Lipinski definition) is 1. The van der Waals surface area contributed by atoms with Crippen molar-refractivity contribution >= 4 is 0 Å². The van der Waals surface area contributed by atoms with Gasteiger partial charge >= 0.3 is 0 Å². The fraction of sp³-hybridized carbons (Fsp3) is 0.571. The molecule has 4 heteroatoms. The van der Waals surface area contributed by atoms with Gasteiger partial charge in [0.25, 0.3) is 0 Å². The van der Waals surface area contributed by atoms with Crippen molar-refractivity contribution in [1.29, 1.82) is 0 Å². The molecule has 1 N–H and O–H groups in total. The largest absolute Gasteiger partial charge is 0.504 e. The average molecular weight is 251 g/mol. The van der Waals surface area contributed by atoms with Gasteiger partial charge in [-0.1, -0.05) is 12.1 Å². The van der Waals surface area contributed by atoms with E-state index >= 15 is 0 Å². The minimum absolute atomic E-state index is 0.248. The number of rotatable bonds is 3. The summed E-state index contributed by atoms with van der Waals surface area (Å²) < 4.78 is 10.7. The number of methoxy groups -OCH3 is 1. The Bertz CT molecular complexity index is 395. The molecule has 0 radical (unpaired) electrons. The van der Waals surface area contributed by atoms with E-state index in [0.717, 1.165) is 38.2 Å². The normalized spacial score (nSPS) is 21.6. The summed E-state index contributed by atoms with van der Waals surface area (Å²) in [7, 11) is 1.57. The van der Waals surface area contributed by atoms with Crippen LogP contribution in [-0.4, -0.2) is 42.9 Å². The van der Waals surface area contributed by atoms with E-state index < -0.39 is 0 Å². The lowest BCUT2D eigenvalue weighted by Gasteiger charge is -2.22. The molecule has 1 heterocycles. The summed E-state index contributed by atoms with van der Waals surface area (Å²) in [6.45, 7) is 5.54. The first kappa shape index (κ1) is 13.2. The molecule has 0 aromatic heterocycles. The van der Waals surface area contributed by atoms with Crippen LogP contribution in [0.15, 0.2) is 18.2 Å². The van der Waals surface area contributed by atoms with Crippen LogP contribution >= 0.6 is 0 Å². The zero-order chi connectivity index (χ0) is 13.0. The molecule has 1 aliphatic heterocycles. The van der Waals surface area contributed by atoms with Crippen LogP contribution in [0.25, 0.3) is 0 Å². The van der Waals surface area contributed by atoms with Crippen molar-refractivity contribution in [2.75, 3.05) is 26.8 Å². The van der Waals surface area contributed by atoms with Crippen LogP contribution in [0.1, 0.15) is 18.9 Å². The van der Waals surface area contributed by atoms with Gasteiger partial charge in [-0.25, -0.2) is 0 Å². The summed E-state index contributed by atoms with van der Waals surface area (Å²) in [5, 5.41) is 10.1. The summed E-state index contributed by atoms with van der Waals surface area (Å²) in [6.07, 6.45) is 1.29. The van der Waals surface area contributed by atoms with E-state index in [-0.39, 0.29) is 11.9 Å². The highest BCUT2D eigenvalue weighted by atomic mass is 16.5. The zero-order valence-corrected chi connectivity index (χ0v) is 11.1. The number of phenols is 1. The van der Waals surface area contributed by atoms with Crippen LogP contribution in [0.3, 0.4) is 0 Å². The van der Waals surface area contributed by atoms with Gasteiger partial charge in [-0.2, -0.15) is 0 Å². The SMILES string of the molecule is COc1cccc(CN2CCCOC(C)C2)c1O. The molecule has 1 aromatic rings. The minimum Gasteiger partial charge on any atom is -0.504 e. The maximum absolute atomic E-state index is 10.1. The lowest BCUT2D eigenvalue weighted by molar-refractivity contribution is 0.0667. The number of para-hydroxylation sites is 1. The molecule has 0 bridgehead atoms. The van der Waals surface area contributed by atoms with Gasteiger partial charge in [0.1, 0.15) is 0 Å². The predicted octanol–water partition coefficient (Wildman–Crippen LogP) is 2.01. The molecule has 1 atom stereocenters. The number of hydrogen-bond acceptors (Lipinski definition) is 4. The molecule has 1 fully saturated rings. The molecule has 100 valence electrons. The maximum Gasteiger partial charge on any atom is 0.162 e. The smallest absolute Gasteiger partial charge is 0.162 e. The lowest BCUT2D eigenvalue weighted by atomic mass is 10.1. The molecule has 0 saturated carbocycles. The second-order valence-corrected chi connectivity index (χ2v) is 4.74. The van der Waals surface area contributed by atoms with Gasteiger partial charge in [-0.05, 0) is 19.4 Å². The summed E-state index contributed by atoms with van der Waals surface area (Å²) >= 11 is 0. The van der Waals surface area contributed by atoms with E-state index in [1.807, 2.05) is 12.1 Å². The third-order valence-corrected chi connectivity index (χ3v) is 3.23. The quantitative estimate of drug-likeness (QED) is 0.892. The fourth-order valence-corrected chi connectivity index (χ4v) is 2.32. The van der Waals surface area contributed by atoms with Crippen LogP contribution in [0.5, 0.6) is 11.5 Å². The summed E-state index contributed by atoms with van der Waals surface area (Å²) in [6, 6.07) is 5.62. The van der Waals surface area contributed by atoms with E-state index in [0.29, 0.717) is 5.75 Å². The molecule has 4 nitrogen and oxygen atoms in total. The van der Waals surface area contributed by atoms with Gasteiger partial charge in [0.15, 0.2) is 11.5 Å². The van der Waals surface area contributed by atoms with Gasteiger partial charge in [0.2, 0.25) is 0 Å². The highest BCUT2D eigenvalue weighted by Crippen LogP contribution is 2.30. The van der Waals surface area contributed by atoms with Gasteiger partial charge in [0.05, 0.1) is 13.2 Å². The van der Waals surface area contributed by atoms with Crippen LogP contribution < -0.4 is 4.74 Å². The second kappa shape index (κ2) is 6.07. The molecule has 1 aliphatic rings. The molecule has 18 heavy (non-hydrogen) atoms. The second-order valence-electron chi connectivity index (χ2n) is 4.74. The summed E-state index contributed by atoms with van der Waals surface area (Å²) in [4.78, 5) is 2.31. The zero-order valence-electron chi connectivity index (χ0n) is 11.1. The number of benzene rings is 1. The highest BCUT2D eigenvalue weighted by Gasteiger charge is 2.17. The van der Waals surface area contributed by atoms with Crippen molar-refractivity contribution in [3.05, 3.63) is 23.8 Å².